The van der Waals surface area contributed by atoms with Crippen molar-refractivity contribution in [3.63, 3.8) is 0 Å². The maximum atomic E-state index is 2.62. The molecular weight excluding hydrogens is 235 g/mol. The van der Waals surface area contributed by atoms with Gasteiger partial charge < -0.3 is 75.5 Å². The quantitative estimate of drug-likeness (QED) is 0.622. The summed E-state index contributed by atoms with van der Waals surface area (Å²) in [5.41, 5.74) is 0. The minimum Gasteiger partial charge on any atom is -0.999 e. The molecule has 13 heavy (non-hydrogen) atoms. The summed E-state index contributed by atoms with van der Waals surface area (Å²) in [5.74, 6) is 0. The van der Waals surface area contributed by atoms with Crippen LogP contribution in [0.1, 0.15) is 0 Å². The van der Waals surface area contributed by atoms with Crippen LogP contribution in [0.5, 0.6) is 0 Å². The Kier molecular flexibility index (Phi) is 20.0. The summed E-state index contributed by atoms with van der Waals surface area (Å²) in [6, 6.07) is 24.0. The predicted molar refractivity (Wildman–Crippen MR) is 47.6 cm³/mol. The molecule has 2 rings (SSSR count). The molecule has 0 amide bonds. The number of hydrogen-bond acceptors (Lipinski definition) is 0. The minimum atomic E-state index is 0. The monoisotopic (exact) mass is 242 g/mol. The molecule has 0 N–H and O–H groups in total. The van der Waals surface area contributed by atoms with Gasteiger partial charge >= 0.3 is 0 Å². The van der Waals surface area contributed by atoms with Crippen molar-refractivity contribution in [3.05, 3.63) is 75.5 Å². The first-order chi connectivity index (χ1) is 5.00. The van der Waals surface area contributed by atoms with Crippen LogP contribution in [0.2, 0.25) is 0 Å². The van der Waals surface area contributed by atoms with Crippen LogP contribution < -0.4 is 0 Å². The molecule has 1 heteroatoms. The Balaban J connectivity index is -0.000000125. The second kappa shape index (κ2) is 14.1. The Bertz CT molecular complexity index is 144. The van der Waals surface area contributed by atoms with Gasteiger partial charge in [-0.15, -0.1) is 0 Å². The molecule has 0 heterocycles. The summed E-state index contributed by atoms with van der Waals surface area (Å²) in [6.45, 7) is 0. The Morgan fingerprint density at radius 1 is 0.538 bits per heavy atom. The van der Waals surface area contributed by atoms with E-state index in [-0.39, 0.29) is 41.1 Å². The molecule has 0 aliphatic heterocycles. The molecular formula is C12H8Zr-12. The second-order valence-electron chi connectivity index (χ2n) is 1.37. The fourth-order valence-electron chi connectivity index (χ4n) is 0.361. The molecule has 72 valence electrons. The molecule has 0 aliphatic rings. The Morgan fingerprint density at radius 2 is 0.769 bits per heavy atom. The van der Waals surface area contributed by atoms with Crippen LogP contribution in [-0.2, 0) is 26.2 Å². The molecule has 0 aliphatic carbocycles. The first-order valence-corrected chi connectivity index (χ1v) is 2.65. The summed E-state index contributed by atoms with van der Waals surface area (Å²) in [5, 5.41) is 0. The van der Waals surface area contributed by atoms with Gasteiger partial charge in [0, 0.05) is 26.2 Å². The van der Waals surface area contributed by atoms with Crippen LogP contribution in [0.25, 0.3) is 0 Å². The van der Waals surface area contributed by atoms with Gasteiger partial charge in [0.1, 0.15) is 0 Å². The van der Waals surface area contributed by atoms with Gasteiger partial charge in [-0.05, 0) is 0 Å². The summed E-state index contributed by atoms with van der Waals surface area (Å²) < 4.78 is 0. The summed E-state index contributed by atoms with van der Waals surface area (Å²) in [6.07, 6.45) is 0. The van der Waals surface area contributed by atoms with E-state index < -0.39 is 0 Å². The van der Waals surface area contributed by atoms with Gasteiger partial charge in [0.05, 0.1) is 0 Å². The van der Waals surface area contributed by atoms with Crippen molar-refractivity contribution in [3.8, 4) is 0 Å². The summed E-state index contributed by atoms with van der Waals surface area (Å²) >= 11 is 0. The maximum absolute atomic E-state index is 2.62. The zero-order valence-electron chi connectivity index (χ0n) is 7.65. The van der Waals surface area contributed by atoms with Gasteiger partial charge in [-0.3, -0.25) is 0 Å². The van der Waals surface area contributed by atoms with Crippen LogP contribution in [0.4, 0.5) is 0 Å². The molecule has 2 aromatic carbocycles. The normalized spacial score (nSPS) is 6.15. The van der Waals surface area contributed by atoms with E-state index in [0.29, 0.717) is 0 Å². The van der Waals surface area contributed by atoms with Gasteiger partial charge in [-0.1, -0.05) is 0 Å². The van der Waals surface area contributed by atoms with Gasteiger partial charge in [0.15, 0.2) is 0 Å². The number of rotatable bonds is 0. The average Bonchev–Trinajstić information content (AvgIpc) is 2.67. The summed E-state index contributed by atoms with van der Waals surface area (Å²) in [4.78, 5) is 0. The molecule has 0 spiro atoms. The SMILES string of the molecule is [CH3-].[CH3-].[Zr].[c-]1[c-][c-][cH-][c-]1.[c-]1[c-][c-][cH-][c-]1. The average molecular weight is 243 g/mol. The minimum absolute atomic E-state index is 0. The van der Waals surface area contributed by atoms with Crippen molar-refractivity contribution in [2.75, 3.05) is 0 Å². The van der Waals surface area contributed by atoms with Gasteiger partial charge in [-0.25, -0.2) is 0 Å². The molecule has 0 radical (unpaired) electrons. The van der Waals surface area contributed by atoms with Gasteiger partial charge in [0.25, 0.3) is 0 Å². The molecule has 0 bridgehead atoms. The molecule has 0 fully saturated rings. The Hall–Kier alpha value is -0.417. The third kappa shape index (κ3) is 11.6. The third-order valence-corrected chi connectivity index (χ3v) is 0.702. The fraction of sp³-hybridized carbons (Fsp3) is 0. The molecule has 0 saturated carbocycles. The molecule has 0 atom stereocenters. The molecule has 0 unspecified atom stereocenters. The Morgan fingerprint density at radius 3 is 0.846 bits per heavy atom. The second-order valence-corrected chi connectivity index (χ2v) is 1.37. The van der Waals surface area contributed by atoms with E-state index in [9.17, 15) is 0 Å². The van der Waals surface area contributed by atoms with Gasteiger partial charge in [0.2, 0.25) is 0 Å². The largest absolute Gasteiger partial charge is 0.999 e. The van der Waals surface area contributed by atoms with Crippen molar-refractivity contribution >= 4 is 0 Å². The Labute approximate surface area is 101 Å². The van der Waals surface area contributed by atoms with Crippen molar-refractivity contribution in [2.24, 2.45) is 0 Å². The van der Waals surface area contributed by atoms with Crippen molar-refractivity contribution < 1.29 is 26.2 Å². The molecule has 2 aromatic rings. The maximum Gasteiger partial charge on any atom is 0 e. The van der Waals surface area contributed by atoms with Gasteiger partial charge in [-0.2, -0.15) is 0 Å². The number of hydrogen-bond donors (Lipinski definition) is 0. The standard InChI is InChI=1S/2C5H.2CH3.Zr/c2*1-2-4-5-3-1;;;/h2*1H;2*1H3;/q2*-5;2*-1;. The first-order valence-electron chi connectivity index (χ1n) is 2.65. The topological polar surface area (TPSA) is 0 Å². The van der Waals surface area contributed by atoms with E-state index in [0.717, 1.165) is 0 Å². The van der Waals surface area contributed by atoms with Crippen molar-refractivity contribution in [1.29, 1.82) is 0 Å². The summed E-state index contributed by atoms with van der Waals surface area (Å²) in [7, 11) is 0. The predicted octanol–water partition coefficient (Wildman–Crippen LogP) is 2.11. The van der Waals surface area contributed by atoms with Crippen LogP contribution in [0, 0.1) is 63.4 Å². The van der Waals surface area contributed by atoms with Crippen LogP contribution in [0.15, 0.2) is 12.1 Å². The molecule has 0 aromatic heterocycles. The van der Waals surface area contributed by atoms with Crippen LogP contribution >= 0.6 is 0 Å². The molecule has 0 saturated heterocycles. The van der Waals surface area contributed by atoms with E-state index in [2.05, 4.69) is 48.5 Å². The van der Waals surface area contributed by atoms with E-state index in [1.54, 1.807) is 12.1 Å². The van der Waals surface area contributed by atoms with Crippen LogP contribution in [-0.4, -0.2) is 0 Å². The van der Waals surface area contributed by atoms with Crippen molar-refractivity contribution in [1.82, 2.24) is 0 Å². The van der Waals surface area contributed by atoms with Crippen LogP contribution in [0.3, 0.4) is 0 Å². The van der Waals surface area contributed by atoms with E-state index >= 15 is 0 Å². The third-order valence-electron chi connectivity index (χ3n) is 0.702. The van der Waals surface area contributed by atoms with E-state index in [1.165, 1.54) is 0 Å². The van der Waals surface area contributed by atoms with Crippen molar-refractivity contribution in [2.45, 2.75) is 0 Å². The zero-order chi connectivity index (χ0) is 7.07. The van der Waals surface area contributed by atoms with E-state index in [1.807, 2.05) is 0 Å². The fourth-order valence-corrected chi connectivity index (χ4v) is 0.361. The molecule has 0 nitrogen and oxygen atoms in total. The van der Waals surface area contributed by atoms with E-state index in [4.69, 9.17) is 0 Å². The first kappa shape index (κ1) is 18.4. The zero-order valence-corrected chi connectivity index (χ0v) is 10.1. The smallest absolute Gasteiger partial charge is 0 e.